The van der Waals surface area contributed by atoms with Crippen molar-refractivity contribution in [2.45, 2.75) is 132 Å². The lowest BCUT2D eigenvalue weighted by atomic mass is 9.72. The molecule has 0 unspecified atom stereocenters. The number of esters is 1. The van der Waals surface area contributed by atoms with Gasteiger partial charge in [0.25, 0.3) is 0 Å². The van der Waals surface area contributed by atoms with Gasteiger partial charge in [-0.2, -0.15) is 0 Å². The van der Waals surface area contributed by atoms with Gasteiger partial charge in [0.15, 0.2) is 0 Å². The minimum absolute atomic E-state index is 0.149. The Labute approximate surface area is 344 Å². The van der Waals surface area contributed by atoms with Crippen LogP contribution in [0.1, 0.15) is 128 Å². The number of benzene rings is 4. The first kappa shape index (κ1) is 43.0. The molecule has 0 amide bonds. The Morgan fingerprint density at radius 2 is 1.29 bits per heavy atom. The van der Waals surface area contributed by atoms with E-state index in [9.17, 15) is 9.59 Å². The third-order valence-electron chi connectivity index (χ3n) is 11.8. The molecule has 6 rings (SSSR count). The zero-order valence-electron chi connectivity index (χ0n) is 34.6. The number of nitrogens with one attached hydrogen (secondary N) is 1. The number of aldehydes is 1. The Balaban J connectivity index is 0.000000218. The predicted molar refractivity (Wildman–Crippen MR) is 235 cm³/mol. The molecule has 6 nitrogen and oxygen atoms in total. The minimum atomic E-state index is -0.149. The monoisotopic (exact) mass is 861 g/mol. The van der Waals surface area contributed by atoms with Gasteiger partial charge in [0.1, 0.15) is 17.8 Å². The summed E-state index contributed by atoms with van der Waals surface area (Å²) in [5, 5.41) is 8.05. The molecular weight excluding hydrogens is 797 g/mol. The van der Waals surface area contributed by atoms with Crippen LogP contribution in [0.5, 0.6) is 11.5 Å². The van der Waals surface area contributed by atoms with Crippen LogP contribution in [0.3, 0.4) is 0 Å². The van der Waals surface area contributed by atoms with Crippen molar-refractivity contribution in [2.24, 2.45) is 22.7 Å². The van der Waals surface area contributed by atoms with Crippen molar-refractivity contribution >= 4 is 56.4 Å². The molecule has 2 saturated carbocycles. The summed E-state index contributed by atoms with van der Waals surface area (Å²) < 4.78 is 18.8. The summed E-state index contributed by atoms with van der Waals surface area (Å²) in [4.78, 5) is 22.4. The molecule has 2 aliphatic carbocycles. The number of hydrogen-bond acceptors (Lipinski definition) is 6. The minimum Gasteiger partial charge on any atom is -0.490 e. The van der Waals surface area contributed by atoms with Gasteiger partial charge in [-0.25, -0.2) is 0 Å². The van der Waals surface area contributed by atoms with Gasteiger partial charge in [-0.15, -0.1) is 0 Å². The third-order valence-corrected chi connectivity index (χ3v) is 12.7. The van der Waals surface area contributed by atoms with Crippen molar-refractivity contribution in [3.8, 4) is 11.5 Å². The second kappa shape index (κ2) is 19.3. The largest absolute Gasteiger partial charge is 0.490 e. The predicted octanol–water partition coefficient (Wildman–Crippen LogP) is 12.4. The first-order chi connectivity index (χ1) is 26.1. The van der Waals surface area contributed by atoms with Gasteiger partial charge in [0.05, 0.1) is 25.2 Å². The SMILES string of the molecule is CC(C)(C)C1CCC(Oc2cc(I)c3cc(C=O)ccc3c2)CC1.CCOC(=O)CCNCc1ccc2cc(OC3CCC(C(C)(C)C)CC3)cc(C)c2c1. The summed E-state index contributed by atoms with van der Waals surface area (Å²) in [7, 11) is 0. The maximum Gasteiger partial charge on any atom is 0.307 e. The van der Waals surface area contributed by atoms with Crippen LogP contribution in [0.25, 0.3) is 21.5 Å². The van der Waals surface area contributed by atoms with E-state index in [4.69, 9.17) is 14.2 Å². The van der Waals surface area contributed by atoms with Crippen molar-refractivity contribution in [3.63, 3.8) is 0 Å². The Bertz CT molecular complexity index is 1890. The van der Waals surface area contributed by atoms with E-state index in [2.05, 4.69) is 119 Å². The molecule has 4 aromatic carbocycles. The van der Waals surface area contributed by atoms with E-state index in [0.29, 0.717) is 42.6 Å². The van der Waals surface area contributed by atoms with Crippen LogP contribution in [0.2, 0.25) is 0 Å². The fourth-order valence-electron chi connectivity index (χ4n) is 8.32. The highest BCUT2D eigenvalue weighted by Gasteiger charge is 2.31. The van der Waals surface area contributed by atoms with Crippen LogP contribution >= 0.6 is 22.6 Å². The molecule has 55 heavy (non-hydrogen) atoms. The first-order valence-electron chi connectivity index (χ1n) is 20.5. The molecule has 7 heteroatoms. The van der Waals surface area contributed by atoms with Crippen LogP contribution in [-0.4, -0.2) is 37.6 Å². The number of fused-ring (bicyclic) bond motifs is 2. The molecule has 0 saturated heterocycles. The van der Waals surface area contributed by atoms with Crippen molar-refractivity contribution in [2.75, 3.05) is 13.2 Å². The molecule has 4 aromatic rings. The van der Waals surface area contributed by atoms with Crippen molar-refractivity contribution in [1.82, 2.24) is 5.32 Å². The molecule has 1 N–H and O–H groups in total. The smallest absolute Gasteiger partial charge is 0.307 e. The number of ether oxygens (including phenoxy) is 3. The molecule has 0 spiro atoms. The number of rotatable bonds is 11. The fourth-order valence-corrected chi connectivity index (χ4v) is 9.09. The van der Waals surface area contributed by atoms with Crippen molar-refractivity contribution < 1.29 is 23.8 Å². The van der Waals surface area contributed by atoms with E-state index in [-0.39, 0.29) is 5.97 Å². The van der Waals surface area contributed by atoms with Gasteiger partial charge >= 0.3 is 5.97 Å². The molecule has 298 valence electrons. The summed E-state index contributed by atoms with van der Waals surface area (Å²) in [5.74, 6) is 3.39. The number of carbonyl (C=O) groups excluding carboxylic acids is 2. The quantitative estimate of drug-likeness (QED) is 0.0701. The van der Waals surface area contributed by atoms with E-state index >= 15 is 0 Å². The molecule has 2 aliphatic rings. The summed E-state index contributed by atoms with van der Waals surface area (Å²) in [6.07, 6.45) is 11.5. The Hall–Kier alpha value is -3.17. The Morgan fingerprint density at radius 3 is 1.84 bits per heavy atom. The number of hydrogen-bond donors (Lipinski definition) is 1. The van der Waals surface area contributed by atoms with E-state index < -0.39 is 0 Å². The first-order valence-corrected chi connectivity index (χ1v) is 21.6. The average molecular weight is 862 g/mol. The van der Waals surface area contributed by atoms with E-state index in [1.807, 2.05) is 25.1 Å². The Kier molecular flexibility index (Phi) is 15.1. The number of aryl methyl sites for hydroxylation is 1. The van der Waals surface area contributed by atoms with Crippen LogP contribution < -0.4 is 14.8 Å². The molecule has 2 fully saturated rings. The highest BCUT2D eigenvalue weighted by atomic mass is 127. The standard InChI is InChI=1S/C27H39NO3.C21H25IO2/c1-6-30-26(29)13-14-28-18-20-7-8-21-17-24(15-19(2)25(21)16-20)31-23-11-9-22(10-12-23)27(3,4)5;1-21(2,3)16-6-8-17(9-7-16)24-18-11-15-5-4-14(13-23)10-19(15)20(22)12-18/h7-8,15-17,22-23,28H,6,9-14,18H2,1-5H3;4-5,10-13,16-17H,6-9H2,1-3H3. The van der Waals surface area contributed by atoms with Gasteiger partial charge in [-0.1, -0.05) is 65.8 Å². The second-order valence-electron chi connectivity index (χ2n) is 17.9. The molecule has 0 heterocycles. The molecule has 0 aromatic heterocycles. The third kappa shape index (κ3) is 12.4. The average Bonchev–Trinajstić information content (AvgIpc) is 3.13. The normalized spacial score (nSPS) is 20.4. The molecule has 0 atom stereocenters. The topological polar surface area (TPSA) is 73.9 Å². The maximum absolute atomic E-state index is 11.4. The molecule has 0 aliphatic heterocycles. The number of carbonyl (C=O) groups is 2. The fraction of sp³-hybridized carbons (Fsp3) is 0.542. The highest BCUT2D eigenvalue weighted by Crippen LogP contribution is 2.40. The van der Waals surface area contributed by atoms with Gasteiger partial charge in [-0.3, -0.25) is 9.59 Å². The van der Waals surface area contributed by atoms with Gasteiger partial charge in [0, 0.05) is 22.2 Å². The van der Waals surface area contributed by atoms with Crippen molar-refractivity contribution in [1.29, 1.82) is 0 Å². The maximum atomic E-state index is 11.4. The second-order valence-corrected chi connectivity index (χ2v) is 19.1. The van der Waals surface area contributed by atoms with E-state index in [1.165, 1.54) is 47.6 Å². The van der Waals surface area contributed by atoms with Crippen LogP contribution in [0.15, 0.2) is 60.7 Å². The zero-order valence-corrected chi connectivity index (χ0v) is 36.7. The number of halogens is 1. The highest BCUT2D eigenvalue weighted by molar-refractivity contribution is 14.1. The van der Waals surface area contributed by atoms with Gasteiger partial charge in [-0.05, 0) is 180 Å². The van der Waals surface area contributed by atoms with Gasteiger partial charge < -0.3 is 19.5 Å². The van der Waals surface area contributed by atoms with Crippen molar-refractivity contribution in [3.05, 3.63) is 80.9 Å². The summed E-state index contributed by atoms with van der Waals surface area (Å²) >= 11 is 2.33. The molecular formula is C48H64INO5. The zero-order chi connectivity index (χ0) is 39.8. The lowest BCUT2D eigenvalue weighted by Crippen LogP contribution is -2.30. The summed E-state index contributed by atoms with van der Waals surface area (Å²) in [6, 6.07) is 20.9. The van der Waals surface area contributed by atoms with E-state index in [0.717, 1.165) is 81.8 Å². The van der Waals surface area contributed by atoms with Crippen LogP contribution in [0.4, 0.5) is 0 Å². The molecule has 0 radical (unpaired) electrons. The van der Waals surface area contributed by atoms with Gasteiger partial charge in [0.2, 0.25) is 0 Å². The lowest BCUT2D eigenvalue weighted by molar-refractivity contribution is -0.142. The molecule has 0 bridgehead atoms. The lowest BCUT2D eigenvalue weighted by Gasteiger charge is -2.37. The van der Waals surface area contributed by atoms with E-state index in [1.54, 1.807) is 0 Å². The Morgan fingerprint density at radius 1 is 0.745 bits per heavy atom. The summed E-state index contributed by atoms with van der Waals surface area (Å²) in [6.45, 7) is 19.9. The van der Waals surface area contributed by atoms with Crippen LogP contribution in [0, 0.1) is 33.2 Å². The summed E-state index contributed by atoms with van der Waals surface area (Å²) in [5.41, 5.74) is 3.97. The van der Waals surface area contributed by atoms with Crippen LogP contribution in [-0.2, 0) is 16.1 Å².